The first-order valence-corrected chi connectivity index (χ1v) is 10.5. The molecule has 0 saturated carbocycles. The van der Waals surface area contributed by atoms with Gasteiger partial charge in [0.25, 0.3) is 0 Å². The third-order valence-electron chi connectivity index (χ3n) is 5.99. The lowest BCUT2D eigenvalue weighted by Crippen LogP contribution is -2.51. The summed E-state index contributed by atoms with van der Waals surface area (Å²) in [4.78, 5) is 33.8. The van der Waals surface area contributed by atoms with Crippen LogP contribution in [0.3, 0.4) is 0 Å². The van der Waals surface area contributed by atoms with Crippen molar-refractivity contribution in [1.82, 2.24) is 9.88 Å². The van der Waals surface area contributed by atoms with E-state index in [9.17, 15) is 14.7 Å². The molecule has 2 aromatic rings. The number of hydrogen-bond donors (Lipinski definition) is 1. The lowest BCUT2D eigenvalue weighted by molar-refractivity contribution is -0.129. The molecule has 0 radical (unpaired) electrons. The van der Waals surface area contributed by atoms with Gasteiger partial charge in [-0.3, -0.25) is 9.69 Å². The fraction of sp³-hybridized carbons (Fsp3) is 0.375. The number of rotatable bonds is 3. The first-order chi connectivity index (χ1) is 14.9. The molecule has 0 spiro atoms. The molecule has 1 unspecified atom stereocenters. The summed E-state index contributed by atoms with van der Waals surface area (Å²) in [5, 5.41) is 9.94. The van der Waals surface area contributed by atoms with Crippen LogP contribution in [0.4, 0.5) is 10.6 Å². The highest BCUT2D eigenvalue weighted by atomic mass is 16.5. The number of likely N-dealkylation sites (tertiary alicyclic amines) is 1. The summed E-state index contributed by atoms with van der Waals surface area (Å²) in [5.74, 6) is 0.773. The van der Waals surface area contributed by atoms with Gasteiger partial charge in [-0.15, -0.1) is 0 Å². The number of ether oxygens (including phenoxy) is 1. The predicted octanol–water partition coefficient (Wildman–Crippen LogP) is 3.63. The van der Waals surface area contributed by atoms with E-state index in [-0.39, 0.29) is 12.3 Å². The molecule has 1 atom stereocenters. The number of nitrogens with zero attached hydrogens (tertiary/aromatic N) is 3. The fourth-order valence-electron chi connectivity index (χ4n) is 4.46. The Morgan fingerprint density at radius 1 is 1.13 bits per heavy atom. The molecule has 3 heterocycles. The van der Waals surface area contributed by atoms with E-state index < -0.39 is 17.6 Å². The van der Waals surface area contributed by atoms with Crippen LogP contribution in [0.25, 0.3) is 6.08 Å². The molecule has 2 fully saturated rings. The van der Waals surface area contributed by atoms with Crippen molar-refractivity contribution < 1.29 is 19.4 Å². The van der Waals surface area contributed by atoms with Gasteiger partial charge in [0, 0.05) is 18.7 Å². The molecule has 1 aromatic carbocycles. The van der Waals surface area contributed by atoms with Crippen LogP contribution in [-0.2, 0) is 9.53 Å². The second-order valence-corrected chi connectivity index (χ2v) is 8.46. The number of anilines is 1. The number of hydrogen-bond acceptors (Lipinski definition) is 5. The minimum absolute atomic E-state index is 0.0284. The average molecular weight is 421 g/mol. The van der Waals surface area contributed by atoms with Crippen LogP contribution in [0, 0.1) is 5.41 Å². The van der Waals surface area contributed by atoms with E-state index in [2.05, 4.69) is 4.90 Å². The van der Waals surface area contributed by atoms with Crippen molar-refractivity contribution in [2.45, 2.75) is 19.9 Å². The van der Waals surface area contributed by atoms with Crippen LogP contribution < -0.4 is 4.90 Å². The monoisotopic (exact) mass is 421 g/mol. The van der Waals surface area contributed by atoms with Gasteiger partial charge in [0.1, 0.15) is 5.82 Å². The molecule has 1 amide bonds. The van der Waals surface area contributed by atoms with Gasteiger partial charge in [-0.05, 0) is 23.8 Å². The largest absolute Gasteiger partial charge is 0.465 e. The molecule has 2 saturated heterocycles. The van der Waals surface area contributed by atoms with Crippen LogP contribution in [-0.4, -0.2) is 59.7 Å². The summed E-state index contributed by atoms with van der Waals surface area (Å²) in [5.41, 5.74) is 0.999. The number of morpholine rings is 1. The van der Waals surface area contributed by atoms with Gasteiger partial charge in [-0.2, -0.15) is 0 Å². The van der Waals surface area contributed by atoms with Gasteiger partial charge in [-0.25, -0.2) is 9.78 Å². The zero-order valence-electron chi connectivity index (χ0n) is 17.8. The number of carboxylic acid groups (broad SMARTS) is 1. The Labute approximate surface area is 182 Å². The number of amides is 1. The maximum Gasteiger partial charge on any atom is 0.408 e. The molecule has 31 heavy (non-hydrogen) atoms. The molecule has 162 valence electrons. The lowest BCUT2D eigenvalue weighted by Gasteiger charge is -2.45. The van der Waals surface area contributed by atoms with Gasteiger partial charge in [0.2, 0.25) is 0 Å². The zero-order chi connectivity index (χ0) is 22.0. The standard InChI is InChI=1S/C24H27N3O4/c1-24(2)21(17-7-4-3-5-8-17)27(23(29)30)16-18(22(24)28)15-19-9-6-10-20(25-19)26-11-13-31-14-12-26/h3-10,15,21H,11-14,16H2,1-2H3,(H,29,30). The first kappa shape index (κ1) is 21.1. The molecule has 0 bridgehead atoms. The molecule has 1 aromatic heterocycles. The first-order valence-electron chi connectivity index (χ1n) is 10.5. The van der Waals surface area contributed by atoms with E-state index >= 15 is 0 Å². The topological polar surface area (TPSA) is 83.0 Å². The minimum Gasteiger partial charge on any atom is -0.465 e. The summed E-state index contributed by atoms with van der Waals surface area (Å²) in [6, 6.07) is 14.5. The number of aromatic nitrogens is 1. The number of carbonyl (C=O) groups is 2. The number of piperidine rings is 1. The van der Waals surface area contributed by atoms with Gasteiger partial charge >= 0.3 is 6.09 Å². The van der Waals surface area contributed by atoms with Gasteiger partial charge in [0.15, 0.2) is 5.78 Å². The molecular formula is C24H27N3O4. The number of pyridine rings is 1. The summed E-state index contributed by atoms with van der Waals surface area (Å²) < 4.78 is 5.40. The molecule has 0 aliphatic carbocycles. The van der Waals surface area contributed by atoms with Crippen molar-refractivity contribution in [1.29, 1.82) is 0 Å². The second kappa shape index (κ2) is 8.51. The van der Waals surface area contributed by atoms with E-state index in [4.69, 9.17) is 9.72 Å². The highest BCUT2D eigenvalue weighted by molar-refractivity contribution is 6.05. The van der Waals surface area contributed by atoms with Crippen LogP contribution in [0.15, 0.2) is 54.1 Å². The van der Waals surface area contributed by atoms with Crippen molar-refractivity contribution >= 4 is 23.8 Å². The molecule has 2 aliphatic rings. The fourth-order valence-corrected chi connectivity index (χ4v) is 4.46. The zero-order valence-corrected chi connectivity index (χ0v) is 17.8. The molecular weight excluding hydrogens is 394 g/mol. The summed E-state index contributed by atoms with van der Waals surface area (Å²) in [6.07, 6.45) is 0.681. The molecule has 4 rings (SSSR count). The Hall–Kier alpha value is -3.19. The van der Waals surface area contributed by atoms with E-state index in [1.165, 1.54) is 4.90 Å². The molecule has 1 N–H and O–H groups in total. The van der Waals surface area contributed by atoms with Crippen LogP contribution >= 0.6 is 0 Å². The predicted molar refractivity (Wildman–Crippen MR) is 118 cm³/mol. The van der Waals surface area contributed by atoms with Crippen LogP contribution in [0.1, 0.15) is 31.1 Å². The Kier molecular flexibility index (Phi) is 5.78. The van der Waals surface area contributed by atoms with E-state index in [0.717, 1.165) is 24.5 Å². The Morgan fingerprint density at radius 2 is 1.84 bits per heavy atom. The smallest absolute Gasteiger partial charge is 0.408 e. The Balaban J connectivity index is 1.68. The van der Waals surface area contributed by atoms with Crippen molar-refractivity contribution in [3.8, 4) is 0 Å². The van der Waals surface area contributed by atoms with Crippen LogP contribution in [0.2, 0.25) is 0 Å². The minimum atomic E-state index is -1.05. The Morgan fingerprint density at radius 3 is 2.52 bits per heavy atom. The SMILES string of the molecule is CC1(C)C(=O)C(=Cc2cccc(N3CCOCC3)n2)CN(C(=O)O)C1c1ccccc1. The number of benzene rings is 1. The van der Waals surface area contributed by atoms with Crippen molar-refractivity contribution in [3.63, 3.8) is 0 Å². The summed E-state index contributed by atoms with van der Waals surface area (Å²) in [6.45, 7) is 6.51. The number of carbonyl (C=O) groups excluding carboxylic acids is 1. The van der Waals surface area contributed by atoms with Gasteiger partial charge < -0.3 is 14.7 Å². The lowest BCUT2D eigenvalue weighted by atomic mass is 9.71. The quantitative estimate of drug-likeness (QED) is 0.762. The number of ketones is 1. The van der Waals surface area contributed by atoms with Crippen molar-refractivity contribution in [3.05, 3.63) is 65.4 Å². The molecule has 7 nitrogen and oxygen atoms in total. The summed E-state index contributed by atoms with van der Waals surface area (Å²) >= 11 is 0. The maximum absolute atomic E-state index is 13.4. The average Bonchev–Trinajstić information content (AvgIpc) is 2.78. The maximum atomic E-state index is 13.4. The summed E-state index contributed by atoms with van der Waals surface area (Å²) in [7, 11) is 0. The molecule has 2 aliphatic heterocycles. The normalized spacial score (nSPS) is 22.6. The Bertz CT molecular complexity index is 997. The number of Topliss-reactive ketones (excluding diaryl/α,β-unsaturated/α-hetero) is 1. The van der Waals surface area contributed by atoms with E-state index in [0.29, 0.717) is 24.5 Å². The van der Waals surface area contributed by atoms with Gasteiger partial charge in [-0.1, -0.05) is 50.2 Å². The highest BCUT2D eigenvalue weighted by Crippen LogP contribution is 2.45. The third kappa shape index (κ3) is 4.18. The van der Waals surface area contributed by atoms with Gasteiger partial charge in [0.05, 0.1) is 36.9 Å². The van der Waals surface area contributed by atoms with Crippen molar-refractivity contribution in [2.24, 2.45) is 5.41 Å². The second-order valence-electron chi connectivity index (χ2n) is 8.46. The highest BCUT2D eigenvalue weighted by Gasteiger charge is 2.48. The van der Waals surface area contributed by atoms with E-state index in [1.807, 2.05) is 62.4 Å². The van der Waals surface area contributed by atoms with E-state index in [1.54, 1.807) is 6.08 Å². The molecule has 7 heteroatoms. The van der Waals surface area contributed by atoms with Crippen molar-refractivity contribution in [2.75, 3.05) is 37.7 Å². The van der Waals surface area contributed by atoms with Crippen LogP contribution in [0.5, 0.6) is 0 Å². The third-order valence-corrected chi connectivity index (χ3v) is 5.99.